The maximum Gasteiger partial charge on any atom is 0.194 e. The quantitative estimate of drug-likeness (QED) is 0.842. The first-order valence-corrected chi connectivity index (χ1v) is 7.01. The number of rotatable bonds is 3. The van der Waals surface area contributed by atoms with E-state index in [0.29, 0.717) is 0 Å². The van der Waals surface area contributed by atoms with E-state index in [-0.39, 0.29) is 5.56 Å². The summed E-state index contributed by atoms with van der Waals surface area (Å²) in [6.07, 6.45) is 2.63. The molecule has 0 amide bonds. The van der Waals surface area contributed by atoms with Gasteiger partial charge in [-0.25, -0.2) is 13.2 Å². The van der Waals surface area contributed by atoms with Gasteiger partial charge < -0.3 is 5.73 Å². The fourth-order valence-electron chi connectivity index (χ4n) is 3.19. The van der Waals surface area contributed by atoms with Crippen molar-refractivity contribution in [2.24, 2.45) is 5.73 Å². The van der Waals surface area contributed by atoms with E-state index < -0.39 is 28.9 Å². The molecule has 1 saturated carbocycles. The molecule has 110 valence electrons. The molecule has 0 aliphatic heterocycles. The average Bonchev–Trinajstić information content (AvgIpc) is 2.45. The molecular formula is C17H16F3N. The summed E-state index contributed by atoms with van der Waals surface area (Å²) in [6, 6.07) is 11.1. The molecule has 3 rings (SSSR count). The Bertz CT molecular complexity index is 651. The lowest BCUT2D eigenvalue weighted by atomic mass is 9.59. The lowest BCUT2D eigenvalue weighted by Gasteiger charge is -2.47. The Kier molecular flexibility index (Phi) is 3.49. The SMILES string of the molecule is NC(c1ccc(F)c(F)c1F)C1(c2ccccc2)CCC1. The average molecular weight is 291 g/mol. The third kappa shape index (κ3) is 2.14. The molecule has 0 heterocycles. The van der Waals surface area contributed by atoms with Crippen molar-refractivity contribution in [3.05, 3.63) is 71.0 Å². The van der Waals surface area contributed by atoms with E-state index in [1.807, 2.05) is 30.3 Å². The Morgan fingerprint density at radius 2 is 1.57 bits per heavy atom. The maximum absolute atomic E-state index is 14.0. The van der Waals surface area contributed by atoms with E-state index in [1.165, 1.54) is 6.07 Å². The molecule has 1 atom stereocenters. The van der Waals surface area contributed by atoms with Gasteiger partial charge in [0.15, 0.2) is 17.5 Å². The van der Waals surface area contributed by atoms with Gasteiger partial charge in [-0.1, -0.05) is 42.8 Å². The van der Waals surface area contributed by atoms with Crippen LogP contribution in [0.15, 0.2) is 42.5 Å². The van der Waals surface area contributed by atoms with E-state index in [4.69, 9.17) is 5.73 Å². The van der Waals surface area contributed by atoms with Crippen LogP contribution in [0, 0.1) is 17.5 Å². The van der Waals surface area contributed by atoms with Gasteiger partial charge in [-0.3, -0.25) is 0 Å². The highest BCUT2D eigenvalue weighted by Crippen LogP contribution is 2.51. The standard InChI is InChI=1S/C17H16F3N/c18-13-8-7-12(14(19)15(13)20)16(21)17(9-4-10-17)11-5-2-1-3-6-11/h1-3,5-8,16H,4,9-10,21H2. The summed E-state index contributed by atoms with van der Waals surface area (Å²) >= 11 is 0. The second kappa shape index (κ2) is 5.19. The molecule has 0 radical (unpaired) electrons. The van der Waals surface area contributed by atoms with Gasteiger partial charge in [0.05, 0.1) is 0 Å². The Labute approximate surface area is 121 Å². The lowest BCUT2D eigenvalue weighted by Crippen LogP contribution is -2.44. The zero-order valence-electron chi connectivity index (χ0n) is 11.5. The maximum atomic E-state index is 14.0. The monoisotopic (exact) mass is 291 g/mol. The molecule has 1 fully saturated rings. The van der Waals surface area contributed by atoms with Crippen LogP contribution in [0.25, 0.3) is 0 Å². The summed E-state index contributed by atoms with van der Waals surface area (Å²) in [7, 11) is 0. The van der Waals surface area contributed by atoms with Gasteiger partial charge in [-0.15, -0.1) is 0 Å². The van der Waals surface area contributed by atoms with E-state index in [1.54, 1.807) is 0 Å². The van der Waals surface area contributed by atoms with Crippen LogP contribution in [-0.2, 0) is 5.41 Å². The predicted octanol–water partition coefficient (Wildman–Crippen LogP) is 4.23. The van der Waals surface area contributed by atoms with E-state index >= 15 is 0 Å². The number of nitrogens with two attached hydrogens (primary N) is 1. The minimum absolute atomic E-state index is 0.0393. The Morgan fingerprint density at radius 3 is 2.14 bits per heavy atom. The number of hydrogen-bond acceptors (Lipinski definition) is 1. The van der Waals surface area contributed by atoms with Crippen molar-refractivity contribution in [2.75, 3.05) is 0 Å². The van der Waals surface area contributed by atoms with E-state index in [9.17, 15) is 13.2 Å². The van der Waals surface area contributed by atoms with Gasteiger partial charge >= 0.3 is 0 Å². The minimum atomic E-state index is -1.45. The van der Waals surface area contributed by atoms with Gasteiger partial charge in [-0.2, -0.15) is 0 Å². The summed E-state index contributed by atoms with van der Waals surface area (Å²) in [6.45, 7) is 0. The molecule has 2 N–H and O–H groups in total. The third-order valence-electron chi connectivity index (χ3n) is 4.59. The summed E-state index contributed by atoms with van der Waals surface area (Å²) < 4.78 is 40.6. The second-order valence-corrected chi connectivity index (χ2v) is 5.62. The topological polar surface area (TPSA) is 26.0 Å². The van der Waals surface area contributed by atoms with Gasteiger partial charge in [0.25, 0.3) is 0 Å². The van der Waals surface area contributed by atoms with Crippen LogP contribution in [0.4, 0.5) is 13.2 Å². The van der Waals surface area contributed by atoms with Crippen LogP contribution >= 0.6 is 0 Å². The summed E-state index contributed by atoms with van der Waals surface area (Å²) in [5.41, 5.74) is 6.92. The minimum Gasteiger partial charge on any atom is -0.323 e. The number of halogens is 3. The van der Waals surface area contributed by atoms with Crippen LogP contribution in [0.1, 0.15) is 36.4 Å². The molecule has 1 nitrogen and oxygen atoms in total. The van der Waals surface area contributed by atoms with E-state index in [0.717, 1.165) is 30.9 Å². The molecule has 21 heavy (non-hydrogen) atoms. The molecule has 2 aromatic carbocycles. The fourth-order valence-corrected chi connectivity index (χ4v) is 3.19. The molecule has 1 unspecified atom stereocenters. The van der Waals surface area contributed by atoms with Crippen molar-refractivity contribution in [3.63, 3.8) is 0 Å². The molecule has 2 aromatic rings. The number of hydrogen-bond donors (Lipinski definition) is 1. The lowest BCUT2D eigenvalue weighted by molar-refractivity contribution is 0.192. The first-order chi connectivity index (χ1) is 10.1. The molecule has 0 saturated heterocycles. The van der Waals surface area contributed by atoms with Crippen LogP contribution in [0.3, 0.4) is 0 Å². The molecule has 1 aliphatic rings. The summed E-state index contributed by atoms with van der Waals surface area (Å²) in [5.74, 6) is -3.82. The van der Waals surface area contributed by atoms with Gasteiger partial charge in [0.1, 0.15) is 0 Å². The largest absolute Gasteiger partial charge is 0.323 e. The molecule has 4 heteroatoms. The van der Waals surface area contributed by atoms with Crippen LogP contribution in [0.5, 0.6) is 0 Å². The summed E-state index contributed by atoms with van der Waals surface area (Å²) in [5, 5.41) is 0. The highest BCUT2D eigenvalue weighted by Gasteiger charge is 2.45. The molecule has 1 aliphatic carbocycles. The molecular weight excluding hydrogens is 275 g/mol. The molecule has 0 bridgehead atoms. The zero-order valence-corrected chi connectivity index (χ0v) is 11.5. The van der Waals surface area contributed by atoms with Gasteiger partial charge in [-0.05, 0) is 24.5 Å². The summed E-state index contributed by atoms with van der Waals surface area (Å²) in [4.78, 5) is 0. The fraction of sp³-hybridized carbons (Fsp3) is 0.294. The van der Waals surface area contributed by atoms with Crippen molar-refractivity contribution >= 4 is 0 Å². The Balaban J connectivity index is 2.05. The first-order valence-electron chi connectivity index (χ1n) is 7.01. The van der Waals surface area contributed by atoms with Gasteiger partial charge in [0, 0.05) is 17.0 Å². The van der Waals surface area contributed by atoms with Crippen LogP contribution < -0.4 is 5.73 Å². The van der Waals surface area contributed by atoms with Crippen molar-refractivity contribution in [3.8, 4) is 0 Å². The second-order valence-electron chi connectivity index (χ2n) is 5.62. The molecule has 0 aromatic heterocycles. The third-order valence-corrected chi connectivity index (χ3v) is 4.59. The first kappa shape index (κ1) is 14.1. The van der Waals surface area contributed by atoms with Crippen molar-refractivity contribution in [1.29, 1.82) is 0 Å². The van der Waals surface area contributed by atoms with Gasteiger partial charge in [0.2, 0.25) is 0 Å². The van der Waals surface area contributed by atoms with Crippen LogP contribution in [0.2, 0.25) is 0 Å². The predicted molar refractivity (Wildman–Crippen MR) is 75.2 cm³/mol. The number of benzene rings is 2. The highest BCUT2D eigenvalue weighted by atomic mass is 19.2. The highest BCUT2D eigenvalue weighted by molar-refractivity contribution is 5.36. The van der Waals surface area contributed by atoms with Crippen molar-refractivity contribution in [2.45, 2.75) is 30.7 Å². The Hall–Kier alpha value is -1.81. The Morgan fingerprint density at radius 1 is 0.905 bits per heavy atom. The smallest absolute Gasteiger partial charge is 0.194 e. The van der Waals surface area contributed by atoms with Crippen LogP contribution in [-0.4, -0.2) is 0 Å². The van der Waals surface area contributed by atoms with E-state index in [2.05, 4.69) is 0 Å². The normalized spacial score (nSPS) is 18.1. The van der Waals surface area contributed by atoms with Crippen molar-refractivity contribution < 1.29 is 13.2 Å². The zero-order chi connectivity index (χ0) is 15.0. The van der Waals surface area contributed by atoms with Crippen molar-refractivity contribution in [1.82, 2.24) is 0 Å². The molecule has 0 spiro atoms.